The van der Waals surface area contributed by atoms with Gasteiger partial charge >= 0.3 is 6.03 Å². The van der Waals surface area contributed by atoms with Crippen LogP contribution in [0.4, 0.5) is 25.1 Å². The minimum Gasteiger partial charge on any atom is -0.366 e. The average molecular weight is 377 g/mol. The number of aryl methyl sites for hydroxylation is 2. The van der Waals surface area contributed by atoms with Crippen LogP contribution in [0.3, 0.4) is 0 Å². The molecule has 0 fully saturated rings. The van der Waals surface area contributed by atoms with Gasteiger partial charge in [-0.2, -0.15) is 0 Å². The zero-order chi connectivity index (χ0) is 19.0. The molecule has 134 valence electrons. The van der Waals surface area contributed by atoms with Crippen molar-refractivity contribution < 1.29 is 18.4 Å². The SMILES string of the molecule is Cc1sc2ncnc(NC(=O)Nc3c(F)ccc(C(N)=O)c3F)c2c1C. The van der Waals surface area contributed by atoms with Crippen LogP contribution in [0.2, 0.25) is 0 Å². The number of carbonyl (C=O) groups excluding carboxylic acids is 2. The van der Waals surface area contributed by atoms with E-state index in [1.54, 1.807) is 0 Å². The molecule has 2 aromatic heterocycles. The maximum atomic E-state index is 14.2. The van der Waals surface area contributed by atoms with Gasteiger partial charge in [0.15, 0.2) is 5.82 Å². The number of halogens is 2. The van der Waals surface area contributed by atoms with E-state index in [0.29, 0.717) is 10.2 Å². The smallest absolute Gasteiger partial charge is 0.325 e. The lowest BCUT2D eigenvalue weighted by molar-refractivity contribution is 0.0996. The molecule has 0 saturated carbocycles. The van der Waals surface area contributed by atoms with Gasteiger partial charge in [0.25, 0.3) is 5.91 Å². The molecule has 0 atom stereocenters. The second-order valence-electron chi connectivity index (χ2n) is 5.41. The molecule has 26 heavy (non-hydrogen) atoms. The second kappa shape index (κ2) is 6.64. The van der Waals surface area contributed by atoms with Crippen LogP contribution in [0.1, 0.15) is 20.8 Å². The number of amides is 3. The Balaban J connectivity index is 1.92. The minimum absolute atomic E-state index is 0.209. The third-order valence-corrected chi connectivity index (χ3v) is 4.91. The third kappa shape index (κ3) is 3.06. The summed E-state index contributed by atoms with van der Waals surface area (Å²) in [5, 5.41) is 5.15. The van der Waals surface area contributed by atoms with Crippen molar-refractivity contribution >= 4 is 45.0 Å². The first-order valence-corrected chi connectivity index (χ1v) is 8.17. The molecular weight excluding hydrogens is 364 g/mol. The fourth-order valence-corrected chi connectivity index (χ4v) is 3.38. The maximum absolute atomic E-state index is 14.2. The molecule has 4 N–H and O–H groups in total. The summed E-state index contributed by atoms with van der Waals surface area (Å²) in [5.41, 5.74) is 4.61. The van der Waals surface area contributed by atoms with Gasteiger partial charge in [-0.3, -0.25) is 10.1 Å². The summed E-state index contributed by atoms with van der Waals surface area (Å²) in [6, 6.07) is 0.822. The van der Waals surface area contributed by atoms with Crippen LogP contribution < -0.4 is 16.4 Å². The largest absolute Gasteiger partial charge is 0.366 e. The van der Waals surface area contributed by atoms with E-state index in [4.69, 9.17) is 5.73 Å². The van der Waals surface area contributed by atoms with Crippen molar-refractivity contribution in [2.75, 3.05) is 10.6 Å². The van der Waals surface area contributed by atoms with Crippen molar-refractivity contribution in [1.82, 2.24) is 9.97 Å². The third-order valence-electron chi connectivity index (χ3n) is 3.79. The average Bonchev–Trinajstić information content (AvgIpc) is 2.86. The summed E-state index contributed by atoms with van der Waals surface area (Å²) in [5.74, 6) is -3.16. The molecule has 0 saturated heterocycles. The topological polar surface area (TPSA) is 110 Å². The number of hydrogen-bond acceptors (Lipinski definition) is 5. The number of nitrogens with two attached hydrogens (primary N) is 1. The zero-order valence-electron chi connectivity index (χ0n) is 13.7. The molecule has 0 radical (unpaired) electrons. The lowest BCUT2D eigenvalue weighted by atomic mass is 10.1. The summed E-state index contributed by atoms with van der Waals surface area (Å²) in [6.07, 6.45) is 1.28. The van der Waals surface area contributed by atoms with E-state index in [1.165, 1.54) is 17.7 Å². The highest BCUT2D eigenvalue weighted by molar-refractivity contribution is 7.18. The van der Waals surface area contributed by atoms with Crippen molar-refractivity contribution in [3.8, 4) is 0 Å². The second-order valence-corrected chi connectivity index (χ2v) is 6.62. The number of carbonyl (C=O) groups is 2. The number of nitrogens with one attached hydrogen (secondary N) is 2. The summed E-state index contributed by atoms with van der Waals surface area (Å²) < 4.78 is 28.1. The standard InChI is InChI=1S/C16H13F2N5O2S/c1-6-7(2)26-15-10(6)14(20-5-21-15)23-16(25)22-12-9(17)4-3-8(11(12)18)13(19)24/h3-5H,1-2H3,(H2,19,24)(H2,20,21,22,23,25). The Morgan fingerprint density at radius 1 is 1.15 bits per heavy atom. The Bertz CT molecular complexity index is 1050. The van der Waals surface area contributed by atoms with Gasteiger partial charge < -0.3 is 11.1 Å². The van der Waals surface area contributed by atoms with Gasteiger partial charge in [-0.15, -0.1) is 11.3 Å². The normalized spacial score (nSPS) is 10.8. The Kier molecular flexibility index (Phi) is 4.51. The molecule has 0 aliphatic rings. The molecule has 7 nitrogen and oxygen atoms in total. The fourth-order valence-electron chi connectivity index (χ4n) is 2.39. The molecule has 3 rings (SSSR count). The van der Waals surface area contributed by atoms with Crippen LogP contribution in [0.5, 0.6) is 0 Å². The van der Waals surface area contributed by atoms with Crippen LogP contribution in [-0.2, 0) is 0 Å². The molecule has 1 aromatic carbocycles. The Labute approximate surface area is 150 Å². The first-order chi connectivity index (χ1) is 12.3. The van der Waals surface area contributed by atoms with E-state index in [2.05, 4.69) is 15.3 Å². The number of urea groups is 1. The van der Waals surface area contributed by atoms with Gasteiger partial charge in [0.2, 0.25) is 0 Å². The number of aromatic nitrogens is 2. The van der Waals surface area contributed by atoms with Crippen molar-refractivity contribution in [2.45, 2.75) is 13.8 Å². The number of primary amides is 1. The zero-order valence-corrected chi connectivity index (χ0v) is 14.5. The van der Waals surface area contributed by atoms with Crippen molar-refractivity contribution in [2.24, 2.45) is 5.73 Å². The molecule has 0 bridgehead atoms. The van der Waals surface area contributed by atoms with Crippen LogP contribution in [0.25, 0.3) is 10.2 Å². The van der Waals surface area contributed by atoms with Crippen LogP contribution >= 0.6 is 11.3 Å². The molecule has 2 heterocycles. The van der Waals surface area contributed by atoms with Gasteiger partial charge in [0.05, 0.1) is 10.9 Å². The minimum atomic E-state index is -1.25. The number of hydrogen-bond donors (Lipinski definition) is 3. The molecule has 0 spiro atoms. The predicted octanol–water partition coefficient (Wildman–Crippen LogP) is 3.33. The van der Waals surface area contributed by atoms with Gasteiger partial charge in [0.1, 0.15) is 28.5 Å². The van der Waals surface area contributed by atoms with Gasteiger partial charge in [0, 0.05) is 4.88 Å². The quantitative estimate of drug-likeness (QED) is 0.650. The van der Waals surface area contributed by atoms with E-state index in [9.17, 15) is 18.4 Å². The summed E-state index contributed by atoms with van der Waals surface area (Å²) in [4.78, 5) is 33.2. The molecule has 3 amide bonds. The fraction of sp³-hybridized carbons (Fsp3) is 0.125. The lowest BCUT2D eigenvalue weighted by Gasteiger charge is -2.11. The van der Waals surface area contributed by atoms with E-state index in [1.807, 2.05) is 19.2 Å². The molecular formula is C16H13F2N5O2S. The van der Waals surface area contributed by atoms with E-state index < -0.39 is 34.8 Å². The van der Waals surface area contributed by atoms with Gasteiger partial charge in [-0.05, 0) is 31.5 Å². The monoisotopic (exact) mass is 377 g/mol. The van der Waals surface area contributed by atoms with Crippen LogP contribution in [0.15, 0.2) is 18.5 Å². The predicted molar refractivity (Wildman–Crippen MR) is 94.4 cm³/mol. The lowest BCUT2D eigenvalue weighted by Crippen LogP contribution is -2.23. The number of anilines is 2. The van der Waals surface area contributed by atoms with Gasteiger partial charge in [-0.1, -0.05) is 0 Å². The number of fused-ring (bicyclic) bond motifs is 1. The highest BCUT2D eigenvalue weighted by Gasteiger charge is 2.20. The number of nitrogens with zero attached hydrogens (tertiary/aromatic N) is 2. The molecule has 0 aliphatic heterocycles. The molecule has 10 heteroatoms. The van der Waals surface area contributed by atoms with Crippen molar-refractivity contribution in [1.29, 1.82) is 0 Å². The first-order valence-electron chi connectivity index (χ1n) is 7.36. The Morgan fingerprint density at radius 3 is 2.58 bits per heavy atom. The number of benzene rings is 1. The highest BCUT2D eigenvalue weighted by atomic mass is 32.1. The highest BCUT2D eigenvalue weighted by Crippen LogP contribution is 2.32. The van der Waals surface area contributed by atoms with E-state index in [0.717, 1.165) is 22.6 Å². The number of rotatable bonds is 3. The molecule has 0 unspecified atom stereocenters. The summed E-state index contributed by atoms with van der Waals surface area (Å²) >= 11 is 1.44. The Morgan fingerprint density at radius 2 is 1.88 bits per heavy atom. The van der Waals surface area contributed by atoms with Gasteiger partial charge in [-0.25, -0.2) is 23.5 Å². The summed E-state index contributed by atoms with van der Waals surface area (Å²) in [7, 11) is 0. The number of thiophene rings is 1. The maximum Gasteiger partial charge on any atom is 0.325 e. The summed E-state index contributed by atoms with van der Waals surface area (Å²) in [6.45, 7) is 3.77. The first kappa shape index (κ1) is 17.7. The molecule has 3 aromatic rings. The Hall–Kier alpha value is -3.14. The van der Waals surface area contributed by atoms with E-state index >= 15 is 0 Å². The van der Waals surface area contributed by atoms with E-state index in [-0.39, 0.29) is 5.82 Å². The van der Waals surface area contributed by atoms with Crippen molar-refractivity contribution in [3.63, 3.8) is 0 Å². The molecule has 0 aliphatic carbocycles. The van der Waals surface area contributed by atoms with Crippen molar-refractivity contribution in [3.05, 3.63) is 46.1 Å². The van der Waals surface area contributed by atoms with Crippen LogP contribution in [0, 0.1) is 25.5 Å². The van der Waals surface area contributed by atoms with Crippen LogP contribution in [-0.4, -0.2) is 21.9 Å².